The Morgan fingerprint density at radius 1 is 1.00 bits per heavy atom. The normalized spacial score (nSPS) is 11.3. The van der Waals surface area contributed by atoms with Gasteiger partial charge in [-0.15, -0.1) is 0 Å². The molecule has 104 valence electrons. The first-order valence-corrected chi connectivity index (χ1v) is 7.17. The molecule has 0 saturated heterocycles. The van der Waals surface area contributed by atoms with Crippen molar-refractivity contribution < 1.29 is 5.11 Å². The molecule has 3 aromatic rings. The smallest absolute Gasteiger partial charge is 0.115 e. The van der Waals surface area contributed by atoms with Crippen molar-refractivity contribution in [3.8, 4) is 0 Å². The van der Waals surface area contributed by atoms with Gasteiger partial charge in [0.25, 0.3) is 0 Å². The molecule has 0 aliphatic heterocycles. The SMILES string of the molecule is CCN(CO)c1ccc2c(c1)c1ccccc1n2CC. The van der Waals surface area contributed by atoms with Crippen LogP contribution in [0.5, 0.6) is 0 Å². The van der Waals surface area contributed by atoms with Gasteiger partial charge in [-0.25, -0.2) is 0 Å². The fourth-order valence-electron chi connectivity index (χ4n) is 2.94. The van der Waals surface area contributed by atoms with Gasteiger partial charge >= 0.3 is 0 Å². The second-order valence-corrected chi connectivity index (χ2v) is 4.96. The summed E-state index contributed by atoms with van der Waals surface area (Å²) in [6, 6.07) is 14.9. The van der Waals surface area contributed by atoms with Crippen LogP contribution in [0.1, 0.15) is 13.8 Å². The summed E-state index contributed by atoms with van der Waals surface area (Å²) in [5.41, 5.74) is 3.60. The number of fused-ring (bicyclic) bond motifs is 3. The summed E-state index contributed by atoms with van der Waals surface area (Å²) in [4.78, 5) is 1.96. The van der Waals surface area contributed by atoms with E-state index in [0.717, 1.165) is 18.8 Å². The van der Waals surface area contributed by atoms with Gasteiger partial charge in [-0.2, -0.15) is 0 Å². The summed E-state index contributed by atoms with van der Waals surface area (Å²) >= 11 is 0. The van der Waals surface area contributed by atoms with E-state index in [4.69, 9.17) is 0 Å². The van der Waals surface area contributed by atoms with Gasteiger partial charge in [0.05, 0.1) is 0 Å². The highest BCUT2D eigenvalue weighted by molar-refractivity contribution is 6.09. The summed E-state index contributed by atoms with van der Waals surface area (Å²) in [6.45, 7) is 6.03. The van der Waals surface area contributed by atoms with Crippen molar-refractivity contribution in [1.29, 1.82) is 0 Å². The van der Waals surface area contributed by atoms with E-state index in [1.54, 1.807) is 0 Å². The molecule has 20 heavy (non-hydrogen) atoms. The van der Waals surface area contributed by atoms with Gasteiger partial charge in [0.15, 0.2) is 0 Å². The van der Waals surface area contributed by atoms with Crippen molar-refractivity contribution in [2.75, 3.05) is 18.2 Å². The summed E-state index contributed by atoms with van der Waals surface area (Å²) in [5, 5.41) is 12.0. The molecule has 0 amide bonds. The van der Waals surface area contributed by atoms with Crippen molar-refractivity contribution in [2.24, 2.45) is 0 Å². The third-order valence-corrected chi connectivity index (χ3v) is 3.99. The van der Waals surface area contributed by atoms with Gasteiger partial charge in [0.1, 0.15) is 6.73 Å². The van der Waals surface area contributed by atoms with Crippen LogP contribution in [0.4, 0.5) is 5.69 Å². The highest BCUT2D eigenvalue weighted by Gasteiger charge is 2.11. The number of anilines is 1. The summed E-state index contributed by atoms with van der Waals surface area (Å²) in [7, 11) is 0. The standard InChI is InChI=1S/C17H20N2O/c1-3-18(12-20)13-9-10-17-15(11-13)14-7-5-6-8-16(14)19(17)4-2/h5-11,20H,3-4,12H2,1-2H3. The van der Waals surface area contributed by atoms with Crippen molar-refractivity contribution in [3.05, 3.63) is 42.5 Å². The number of aliphatic hydroxyl groups is 1. The fraction of sp³-hybridized carbons (Fsp3) is 0.294. The van der Waals surface area contributed by atoms with E-state index in [1.807, 2.05) is 4.90 Å². The molecule has 0 bridgehead atoms. The molecular formula is C17H20N2O. The molecule has 0 aliphatic rings. The maximum atomic E-state index is 9.44. The summed E-state index contributed by atoms with van der Waals surface area (Å²) < 4.78 is 2.34. The van der Waals surface area contributed by atoms with Gasteiger partial charge in [-0.05, 0) is 38.1 Å². The Labute approximate surface area is 119 Å². The molecule has 0 spiro atoms. The second-order valence-electron chi connectivity index (χ2n) is 4.96. The Morgan fingerprint density at radius 2 is 1.75 bits per heavy atom. The topological polar surface area (TPSA) is 28.4 Å². The van der Waals surface area contributed by atoms with Crippen molar-refractivity contribution in [1.82, 2.24) is 4.57 Å². The van der Waals surface area contributed by atoms with Crippen molar-refractivity contribution in [2.45, 2.75) is 20.4 Å². The maximum Gasteiger partial charge on any atom is 0.115 e. The van der Waals surface area contributed by atoms with Crippen LogP contribution in [0.25, 0.3) is 21.8 Å². The van der Waals surface area contributed by atoms with Crippen LogP contribution < -0.4 is 4.90 Å². The lowest BCUT2D eigenvalue weighted by molar-refractivity contribution is 0.293. The van der Waals surface area contributed by atoms with Gasteiger partial charge in [0, 0.05) is 40.6 Å². The van der Waals surface area contributed by atoms with E-state index in [2.05, 4.69) is 60.9 Å². The average molecular weight is 268 g/mol. The quantitative estimate of drug-likeness (QED) is 0.732. The number of rotatable bonds is 4. The van der Waals surface area contributed by atoms with Crippen molar-refractivity contribution in [3.63, 3.8) is 0 Å². The van der Waals surface area contributed by atoms with E-state index < -0.39 is 0 Å². The summed E-state index contributed by atoms with van der Waals surface area (Å²) in [5.74, 6) is 0. The Balaban J connectivity index is 2.31. The first-order chi connectivity index (χ1) is 9.80. The monoisotopic (exact) mass is 268 g/mol. The van der Waals surface area contributed by atoms with Gasteiger partial charge in [0.2, 0.25) is 0 Å². The molecule has 0 unspecified atom stereocenters. The van der Waals surface area contributed by atoms with Gasteiger partial charge in [-0.3, -0.25) is 0 Å². The maximum absolute atomic E-state index is 9.44. The minimum Gasteiger partial charge on any atom is -0.376 e. The number of aliphatic hydroxyl groups excluding tert-OH is 1. The lowest BCUT2D eigenvalue weighted by Crippen LogP contribution is -2.23. The molecule has 0 radical (unpaired) electrons. The van der Waals surface area contributed by atoms with E-state index in [-0.39, 0.29) is 6.73 Å². The Kier molecular flexibility index (Phi) is 3.36. The molecule has 0 saturated carbocycles. The molecule has 0 atom stereocenters. The molecule has 0 fully saturated rings. The lowest BCUT2D eigenvalue weighted by atomic mass is 10.1. The van der Waals surface area contributed by atoms with E-state index in [0.29, 0.717) is 0 Å². The summed E-state index contributed by atoms with van der Waals surface area (Å²) in [6.07, 6.45) is 0. The van der Waals surface area contributed by atoms with Crippen LogP contribution in [0.2, 0.25) is 0 Å². The molecule has 2 aromatic carbocycles. The number of benzene rings is 2. The molecule has 1 heterocycles. The lowest BCUT2D eigenvalue weighted by Gasteiger charge is -2.20. The zero-order valence-corrected chi connectivity index (χ0v) is 12.0. The number of aromatic nitrogens is 1. The molecular weight excluding hydrogens is 248 g/mol. The minimum atomic E-state index is 0.0500. The molecule has 1 aromatic heterocycles. The predicted octanol–water partition coefficient (Wildman–Crippen LogP) is 3.59. The second kappa shape index (κ2) is 5.17. The van der Waals surface area contributed by atoms with Crippen LogP contribution in [0.15, 0.2) is 42.5 Å². The number of aryl methyl sites for hydroxylation is 1. The number of hydrogen-bond acceptors (Lipinski definition) is 2. The molecule has 1 N–H and O–H groups in total. The van der Waals surface area contributed by atoms with Crippen LogP contribution in [-0.2, 0) is 6.54 Å². The molecule has 3 rings (SSSR count). The third kappa shape index (κ3) is 1.86. The zero-order chi connectivity index (χ0) is 14.1. The van der Waals surface area contributed by atoms with Gasteiger partial charge < -0.3 is 14.6 Å². The van der Waals surface area contributed by atoms with Crippen LogP contribution in [-0.4, -0.2) is 22.9 Å². The van der Waals surface area contributed by atoms with E-state index in [9.17, 15) is 5.11 Å². The predicted molar refractivity (Wildman–Crippen MR) is 85.2 cm³/mol. The minimum absolute atomic E-state index is 0.0500. The van der Waals surface area contributed by atoms with E-state index >= 15 is 0 Å². The average Bonchev–Trinajstić information content (AvgIpc) is 2.82. The van der Waals surface area contributed by atoms with Crippen molar-refractivity contribution >= 4 is 27.5 Å². The van der Waals surface area contributed by atoms with Crippen LogP contribution in [0, 0.1) is 0 Å². The third-order valence-electron chi connectivity index (χ3n) is 3.99. The Hall–Kier alpha value is -2.00. The molecule has 0 aliphatic carbocycles. The first-order valence-electron chi connectivity index (χ1n) is 7.17. The largest absolute Gasteiger partial charge is 0.376 e. The van der Waals surface area contributed by atoms with Crippen LogP contribution in [0.3, 0.4) is 0 Å². The van der Waals surface area contributed by atoms with Gasteiger partial charge in [-0.1, -0.05) is 18.2 Å². The highest BCUT2D eigenvalue weighted by Crippen LogP contribution is 2.31. The number of para-hydroxylation sites is 1. The first kappa shape index (κ1) is 13.0. The fourth-order valence-corrected chi connectivity index (χ4v) is 2.94. The Bertz CT molecular complexity index is 741. The highest BCUT2D eigenvalue weighted by atomic mass is 16.3. The van der Waals surface area contributed by atoms with Crippen LogP contribution >= 0.6 is 0 Å². The zero-order valence-electron chi connectivity index (χ0n) is 12.0. The molecule has 3 nitrogen and oxygen atoms in total. The molecule has 3 heteroatoms. The Morgan fingerprint density at radius 3 is 2.45 bits per heavy atom. The number of hydrogen-bond donors (Lipinski definition) is 1. The van der Waals surface area contributed by atoms with E-state index in [1.165, 1.54) is 21.8 Å². The number of nitrogens with zero attached hydrogens (tertiary/aromatic N) is 2.